The molecule has 0 fully saturated rings. The summed E-state index contributed by atoms with van der Waals surface area (Å²) in [6.07, 6.45) is 0.834. The maximum absolute atomic E-state index is 12.9. The van der Waals surface area contributed by atoms with E-state index in [4.69, 9.17) is 9.15 Å². The van der Waals surface area contributed by atoms with Gasteiger partial charge in [0, 0.05) is 30.7 Å². The molecule has 1 amide bonds. The second-order valence-electron chi connectivity index (χ2n) is 6.63. The minimum atomic E-state index is -0.296. The van der Waals surface area contributed by atoms with Crippen LogP contribution in [0.3, 0.4) is 0 Å². The van der Waals surface area contributed by atoms with Crippen LogP contribution in [0.2, 0.25) is 0 Å². The van der Waals surface area contributed by atoms with Crippen molar-refractivity contribution in [2.75, 3.05) is 18.5 Å². The highest BCUT2D eigenvalue weighted by molar-refractivity contribution is 6.06. The minimum absolute atomic E-state index is 0.296. The molecule has 4 aromatic rings. The molecule has 6 heteroatoms. The molecule has 28 heavy (non-hydrogen) atoms. The molecule has 1 N–H and O–H groups in total. The average molecular weight is 377 g/mol. The number of anilines is 1. The van der Waals surface area contributed by atoms with E-state index >= 15 is 0 Å². The third kappa shape index (κ3) is 3.39. The van der Waals surface area contributed by atoms with Crippen molar-refractivity contribution in [2.24, 2.45) is 0 Å². The molecular formula is C22H23N3O3. The predicted octanol–water partition coefficient (Wildman–Crippen LogP) is 4.77. The quantitative estimate of drug-likeness (QED) is 0.471. The zero-order valence-electron chi connectivity index (χ0n) is 16.1. The first-order valence-electron chi connectivity index (χ1n) is 9.51. The molecule has 0 atom stereocenters. The smallest absolute Gasteiger partial charge is 0.294 e. The average Bonchev–Trinajstić information content (AvgIpc) is 3.23. The van der Waals surface area contributed by atoms with Gasteiger partial charge in [0.25, 0.3) is 5.91 Å². The summed E-state index contributed by atoms with van der Waals surface area (Å²) >= 11 is 0. The van der Waals surface area contributed by atoms with Crippen LogP contribution in [0.25, 0.3) is 22.0 Å². The zero-order valence-corrected chi connectivity index (χ0v) is 16.1. The fourth-order valence-corrected chi connectivity index (χ4v) is 3.42. The SMILES string of the molecule is CCOCCCn1c(NC(=O)c2oc3ccccc3c2C)nc2ccccc21. The largest absolute Gasteiger partial charge is 0.451 e. The summed E-state index contributed by atoms with van der Waals surface area (Å²) in [6, 6.07) is 15.5. The van der Waals surface area contributed by atoms with Gasteiger partial charge in [-0.05, 0) is 38.5 Å². The molecule has 0 unspecified atom stereocenters. The van der Waals surface area contributed by atoms with E-state index < -0.39 is 0 Å². The maximum Gasteiger partial charge on any atom is 0.294 e. The van der Waals surface area contributed by atoms with E-state index in [1.807, 2.05) is 66.9 Å². The number of aryl methyl sites for hydroxylation is 2. The van der Waals surface area contributed by atoms with Crippen LogP contribution in [0.1, 0.15) is 29.5 Å². The van der Waals surface area contributed by atoms with Crippen molar-refractivity contribution < 1.29 is 13.9 Å². The summed E-state index contributed by atoms with van der Waals surface area (Å²) in [6.45, 7) is 5.94. The van der Waals surface area contributed by atoms with Crippen molar-refractivity contribution in [1.29, 1.82) is 0 Å². The highest BCUT2D eigenvalue weighted by Gasteiger charge is 2.20. The molecule has 0 aliphatic rings. The molecule has 0 saturated heterocycles. The van der Waals surface area contributed by atoms with Crippen molar-refractivity contribution in [3.8, 4) is 0 Å². The molecule has 2 heterocycles. The lowest BCUT2D eigenvalue weighted by Gasteiger charge is -2.10. The van der Waals surface area contributed by atoms with Crippen LogP contribution in [0.4, 0.5) is 5.95 Å². The van der Waals surface area contributed by atoms with Gasteiger partial charge in [-0.1, -0.05) is 30.3 Å². The molecule has 2 aromatic carbocycles. The standard InChI is InChI=1S/C22H23N3O3/c1-3-27-14-8-13-25-18-11-6-5-10-17(18)23-22(25)24-21(26)20-15(2)16-9-4-7-12-19(16)28-20/h4-7,9-12H,3,8,13-14H2,1-2H3,(H,23,24,26). The van der Waals surface area contributed by atoms with Gasteiger partial charge in [-0.3, -0.25) is 10.1 Å². The number of nitrogens with zero attached hydrogens (tertiary/aromatic N) is 2. The summed E-state index contributed by atoms with van der Waals surface area (Å²) in [5, 5.41) is 3.88. The number of amides is 1. The lowest BCUT2D eigenvalue weighted by Crippen LogP contribution is -2.16. The molecule has 144 valence electrons. The van der Waals surface area contributed by atoms with Gasteiger partial charge in [0.2, 0.25) is 5.95 Å². The number of hydrogen-bond acceptors (Lipinski definition) is 4. The van der Waals surface area contributed by atoms with Gasteiger partial charge < -0.3 is 13.7 Å². The number of nitrogens with one attached hydrogen (secondary N) is 1. The summed E-state index contributed by atoms with van der Waals surface area (Å²) in [5.74, 6) is 0.534. The second kappa shape index (κ2) is 7.86. The van der Waals surface area contributed by atoms with E-state index in [0.29, 0.717) is 37.1 Å². The van der Waals surface area contributed by atoms with Crippen molar-refractivity contribution in [3.05, 3.63) is 59.9 Å². The van der Waals surface area contributed by atoms with Crippen molar-refractivity contribution in [1.82, 2.24) is 9.55 Å². The number of aromatic nitrogens is 2. The Kier molecular flexibility index (Phi) is 5.12. The van der Waals surface area contributed by atoms with Crippen LogP contribution in [-0.2, 0) is 11.3 Å². The first kappa shape index (κ1) is 18.3. The first-order chi connectivity index (χ1) is 13.7. The molecular weight excluding hydrogens is 354 g/mol. The van der Waals surface area contributed by atoms with Crippen molar-refractivity contribution >= 4 is 33.9 Å². The Hall–Kier alpha value is -3.12. The highest BCUT2D eigenvalue weighted by atomic mass is 16.5. The molecule has 0 spiro atoms. The normalized spacial score (nSPS) is 11.4. The number of para-hydroxylation sites is 3. The summed E-state index contributed by atoms with van der Waals surface area (Å²) in [7, 11) is 0. The van der Waals surface area contributed by atoms with Crippen LogP contribution in [0.15, 0.2) is 52.9 Å². The van der Waals surface area contributed by atoms with Crippen LogP contribution in [-0.4, -0.2) is 28.7 Å². The molecule has 0 aliphatic heterocycles. The number of carbonyl (C=O) groups is 1. The van der Waals surface area contributed by atoms with E-state index in [2.05, 4.69) is 10.3 Å². The third-order valence-electron chi connectivity index (χ3n) is 4.80. The molecule has 0 bridgehead atoms. The molecule has 2 aromatic heterocycles. The number of hydrogen-bond donors (Lipinski definition) is 1. The number of benzene rings is 2. The Balaban J connectivity index is 1.64. The van der Waals surface area contributed by atoms with Crippen LogP contribution < -0.4 is 5.32 Å². The second-order valence-corrected chi connectivity index (χ2v) is 6.63. The van der Waals surface area contributed by atoms with Gasteiger partial charge >= 0.3 is 0 Å². The van der Waals surface area contributed by atoms with E-state index in [1.54, 1.807) is 0 Å². The molecule has 4 rings (SSSR count). The minimum Gasteiger partial charge on any atom is -0.451 e. The van der Waals surface area contributed by atoms with E-state index in [0.717, 1.165) is 28.4 Å². The molecule has 0 aliphatic carbocycles. The number of furan rings is 1. The summed E-state index contributed by atoms with van der Waals surface area (Å²) in [5.41, 5.74) is 3.36. The summed E-state index contributed by atoms with van der Waals surface area (Å²) in [4.78, 5) is 17.5. The lowest BCUT2D eigenvalue weighted by atomic mass is 10.1. The monoisotopic (exact) mass is 377 g/mol. The van der Waals surface area contributed by atoms with Gasteiger partial charge in [0.15, 0.2) is 5.76 Å². The van der Waals surface area contributed by atoms with Gasteiger partial charge in [0.05, 0.1) is 11.0 Å². The molecule has 0 radical (unpaired) electrons. The third-order valence-corrected chi connectivity index (χ3v) is 4.80. The Morgan fingerprint density at radius 3 is 2.79 bits per heavy atom. The number of rotatable bonds is 7. The van der Waals surface area contributed by atoms with Gasteiger partial charge in [-0.2, -0.15) is 0 Å². The Morgan fingerprint density at radius 1 is 1.18 bits per heavy atom. The zero-order chi connectivity index (χ0) is 19.5. The van der Waals surface area contributed by atoms with E-state index in [-0.39, 0.29) is 5.91 Å². The number of ether oxygens (including phenoxy) is 1. The Morgan fingerprint density at radius 2 is 1.96 bits per heavy atom. The van der Waals surface area contributed by atoms with Gasteiger partial charge in [0.1, 0.15) is 5.58 Å². The van der Waals surface area contributed by atoms with E-state index in [9.17, 15) is 4.79 Å². The molecule has 0 saturated carbocycles. The van der Waals surface area contributed by atoms with Gasteiger partial charge in [-0.25, -0.2) is 4.98 Å². The Bertz CT molecular complexity index is 1130. The van der Waals surface area contributed by atoms with Crippen LogP contribution in [0, 0.1) is 6.92 Å². The fourth-order valence-electron chi connectivity index (χ4n) is 3.42. The first-order valence-corrected chi connectivity index (χ1v) is 9.51. The molecule has 6 nitrogen and oxygen atoms in total. The maximum atomic E-state index is 12.9. The Labute approximate surface area is 163 Å². The topological polar surface area (TPSA) is 69.3 Å². The van der Waals surface area contributed by atoms with Gasteiger partial charge in [-0.15, -0.1) is 0 Å². The highest BCUT2D eigenvalue weighted by Crippen LogP contribution is 2.26. The fraction of sp³-hybridized carbons (Fsp3) is 0.273. The number of fused-ring (bicyclic) bond motifs is 2. The van der Waals surface area contributed by atoms with Crippen molar-refractivity contribution in [3.63, 3.8) is 0 Å². The summed E-state index contributed by atoms with van der Waals surface area (Å²) < 4.78 is 13.3. The number of imidazole rings is 1. The van der Waals surface area contributed by atoms with Crippen LogP contribution >= 0.6 is 0 Å². The lowest BCUT2D eigenvalue weighted by molar-refractivity contribution is 0.0996. The van der Waals surface area contributed by atoms with E-state index in [1.165, 1.54) is 0 Å². The van der Waals surface area contributed by atoms with Crippen LogP contribution in [0.5, 0.6) is 0 Å². The van der Waals surface area contributed by atoms with Crippen molar-refractivity contribution in [2.45, 2.75) is 26.8 Å². The predicted molar refractivity (Wildman–Crippen MR) is 110 cm³/mol. The number of carbonyl (C=O) groups excluding carboxylic acids is 1.